The van der Waals surface area contributed by atoms with Crippen LogP contribution in [0.4, 0.5) is 11.4 Å². The summed E-state index contributed by atoms with van der Waals surface area (Å²) in [5.41, 5.74) is 0.0320. The summed E-state index contributed by atoms with van der Waals surface area (Å²) in [6.07, 6.45) is -0.995. The molecule has 0 aliphatic heterocycles. The second kappa shape index (κ2) is 7.22. The second-order valence-electron chi connectivity index (χ2n) is 3.57. The third-order valence-corrected chi connectivity index (χ3v) is 3.71. The van der Waals surface area contributed by atoms with Gasteiger partial charge in [0.15, 0.2) is 0 Å². The van der Waals surface area contributed by atoms with E-state index in [0.29, 0.717) is 8.04 Å². The van der Waals surface area contributed by atoms with Gasteiger partial charge in [-0.05, 0) is 44.6 Å². The lowest BCUT2D eigenvalue weighted by atomic mass is 10.2. The van der Waals surface area contributed by atoms with E-state index in [1.54, 1.807) is 6.07 Å². The van der Waals surface area contributed by atoms with E-state index in [9.17, 15) is 15.2 Å². The maximum absolute atomic E-state index is 11.2. The third kappa shape index (κ3) is 3.91. The Kier molecular flexibility index (Phi) is 6.23. The number of hydrogen-bond acceptors (Lipinski definition) is 6. The van der Waals surface area contributed by atoms with Crippen LogP contribution < -0.4 is 10.1 Å². The van der Waals surface area contributed by atoms with E-state index in [0.717, 1.165) is 0 Å². The summed E-state index contributed by atoms with van der Waals surface area (Å²) in [6, 6.07) is 1.67. The number of nitrogens with zero attached hydrogens (tertiary/aromatic N) is 1. The van der Waals surface area contributed by atoms with E-state index in [1.807, 2.05) is 22.6 Å². The lowest BCUT2D eigenvalue weighted by Gasteiger charge is -2.14. The van der Waals surface area contributed by atoms with Crippen LogP contribution in [0.3, 0.4) is 0 Å². The van der Waals surface area contributed by atoms with Crippen LogP contribution >= 0.6 is 38.5 Å². The maximum Gasteiger partial charge on any atom is 0.336 e. The Bertz CT molecular complexity index is 485. The lowest BCUT2D eigenvalue weighted by Crippen LogP contribution is -2.23. The van der Waals surface area contributed by atoms with Gasteiger partial charge in [0.25, 0.3) is 0 Å². The molecule has 0 fully saturated rings. The normalized spacial score (nSPS) is 12.1. The highest BCUT2D eigenvalue weighted by Gasteiger charge is 2.26. The minimum Gasteiger partial charge on any atom is -0.489 e. The Balaban J connectivity index is 3.24. The molecule has 0 aromatic heterocycles. The molecule has 1 aromatic carbocycles. The molecular formula is C10H12BrIN2O5. The quantitative estimate of drug-likeness (QED) is 0.349. The van der Waals surface area contributed by atoms with E-state index in [-0.39, 0.29) is 23.7 Å². The first-order valence-corrected chi connectivity index (χ1v) is 7.02. The largest absolute Gasteiger partial charge is 0.489 e. The summed E-state index contributed by atoms with van der Waals surface area (Å²) < 4.78 is 6.09. The van der Waals surface area contributed by atoms with E-state index < -0.39 is 17.6 Å². The van der Waals surface area contributed by atoms with E-state index in [1.165, 1.54) is 7.11 Å². The van der Waals surface area contributed by atoms with Gasteiger partial charge in [0.2, 0.25) is 5.75 Å². The van der Waals surface area contributed by atoms with Crippen molar-refractivity contribution in [3.8, 4) is 5.75 Å². The zero-order valence-electron chi connectivity index (χ0n) is 9.89. The zero-order valence-corrected chi connectivity index (χ0v) is 13.6. The van der Waals surface area contributed by atoms with Crippen molar-refractivity contribution in [1.82, 2.24) is 0 Å². The molecule has 1 rings (SSSR count). The van der Waals surface area contributed by atoms with E-state index in [4.69, 9.17) is 9.84 Å². The Hall–Kier alpha value is -0.650. The van der Waals surface area contributed by atoms with Crippen molar-refractivity contribution in [3.63, 3.8) is 0 Å². The number of ether oxygens (including phenoxy) is 1. The molecule has 1 atom stereocenters. The van der Waals surface area contributed by atoms with Crippen LogP contribution in [0.1, 0.15) is 0 Å². The predicted octanol–water partition coefficient (Wildman–Crippen LogP) is 1.74. The van der Waals surface area contributed by atoms with Gasteiger partial charge in [-0.3, -0.25) is 10.1 Å². The molecule has 19 heavy (non-hydrogen) atoms. The van der Waals surface area contributed by atoms with Gasteiger partial charge in [0, 0.05) is 10.1 Å². The summed E-state index contributed by atoms with van der Waals surface area (Å²) in [5.74, 6) is 0.103. The number of anilines is 1. The summed E-state index contributed by atoms with van der Waals surface area (Å²) in [7, 11) is 1.34. The maximum atomic E-state index is 11.2. The first-order chi connectivity index (χ1) is 8.92. The molecule has 0 amide bonds. The Labute approximate surface area is 131 Å². The van der Waals surface area contributed by atoms with Crippen molar-refractivity contribution >= 4 is 49.9 Å². The monoisotopic (exact) mass is 446 g/mol. The van der Waals surface area contributed by atoms with Crippen LogP contribution in [0.15, 0.2) is 10.5 Å². The van der Waals surface area contributed by atoms with Crippen molar-refractivity contribution in [3.05, 3.63) is 24.2 Å². The van der Waals surface area contributed by atoms with Crippen molar-refractivity contribution < 1.29 is 19.9 Å². The van der Waals surface area contributed by atoms with Crippen LogP contribution in [-0.4, -0.2) is 41.5 Å². The average molecular weight is 447 g/mol. The number of methoxy groups -OCH3 is 1. The molecule has 0 aliphatic carbocycles. The van der Waals surface area contributed by atoms with Gasteiger partial charge in [-0.25, -0.2) is 0 Å². The highest BCUT2D eigenvalue weighted by Crippen LogP contribution is 2.43. The van der Waals surface area contributed by atoms with Gasteiger partial charge in [-0.1, -0.05) is 0 Å². The number of aliphatic hydroxyl groups is 2. The topological polar surface area (TPSA) is 105 Å². The third-order valence-electron chi connectivity index (χ3n) is 2.27. The summed E-state index contributed by atoms with van der Waals surface area (Å²) in [4.78, 5) is 10.6. The minimum atomic E-state index is -0.995. The zero-order chi connectivity index (χ0) is 14.6. The van der Waals surface area contributed by atoms with Gasteiger partial charge >= 0.3 is 5.69 Å². The number of hydrogen-bond donors (Lipinski definition) is 3. The molecule has 1 aromatic rings. The molecule has 0 spiro atoms. The van der Waals surface area contributed by atoms with Gasteiger partial charge in [-0.2, -0.15) is 0 Å². The lowest BCUT2D eigenvalue weighted by molar-refractivity contribution is -0.385. The molecule has 0 bridgehead atoms. The number of rotatable bonds is 6. The molecule has 1 unspecified atom stereocenters. The summed E-state index contributed by atoms with van der Waals surface area (Å²) in [6.45, 7) is -0.427. The Morgan fingerprint density at radius 1 is 1.68 bits per heavy atom. The first-order valence-electron chi connectivity index (χ1n) is 5.15. The van der Waals surface area contributed by atoms with E-state index in [2.05, 4.69) is 21.2 Å². The SMILES string of the molecule is COc1c(Br)cc(I)c(NCC(O)CO)c1[N+](=O)[O-]. The number of nitro groups is 1. The van der Waals surface area contributed by atoms with Gasteiger partial charge in [0.05, 0.1) is 29.2 Å². The average Bonchev–Trinajstić information content (AvgIpc) is 2.36. The number of nitro benzene ring substituents is 1. The van der Waals surface area contributed by atoms with Crippen LogP contribution in [0.2, 0.25) is 0 Å². The minimum absolute atomic E-state index is 0.00186. The molecule has 9 heteroatoms. The fraction of sp³-hybridized carbons (Fsp3) is 0.400. The summed E-state index contributed by atoms with van der Waals surface area (Å²) in [5, 5.41) is 32.0. The fourth-order valence-corrected chi connectivity index (χ4v) is 3.17. The molecular weight excluding hydrogens is 435 g/mol. The van der Waals surface area contributed by atoms with Crippen LogP contribution in [0.5, 0.6) is 5.75 Å². The molecule has 106 valence electrons. The first kappa shape index (κ1) is 16.4. The molecule has 0 saturated carbocycles. The Morgan fingerprint density at radius 3 is 2.79 bits per heavy atom. The highest BCUT2D eigenvalue weighted by atomic mass is 127. The molecule has 3 N–H and O–H groups in total. The number of aliphatic hydroxyl groups excluding tert-OH is 2. The van der Waals surface area contributed by atoms with Gasteiger partial charge in [-0.15, -0.1) is 0 Å². The molecule has 0 aliphatic rings. The van der Waals surface area contributed by atoms with Gasteiger partial charge < -0.3 is 20.3 Å². The van der Waals surface area contributed by atoms with E-state index >= 15 is 0 Å². The van der Waals surface area contributed by atoms with Crippen LogP contribution in [-0.2, 0) is 0 Å². The second-order valence-corrected chi connectivity index (χ2v) is 5.59. The molecule has 0 heterocycles. The van der Waals surface area contributed by atoms with Crippen LogP contribution in [0.25, 0.3) is 0 Å². The number of halogens is 2. The standard InChI is InChI=1S/C10H12BrIN2O5/c1-19-10-6(11)2-7(12)8(9(10)14(17)18)13-3-5(16)4-15/h2,5,13,15-16H,3-4H2,1H3. The molecule has 0 saturated heterocycles. The van der Waals surface area contributed by atoms with Crippen molar-refractivity contribution in [2.75, 3.05) is 25.6 Å². The summed E-state index contributed by atoms with van der Waals surface area (Å²) >= 11 is 5.14. The fourth-order valence-electron chi connectivity index (χ4n) is 1.41. The van der Waals surface area contributed by atoms with Crippen molar-refractivity contribution in [2.24, 2.45) is 0 Å². The Morgan fingerprint density at radius 2 is 2.32 bits per heavy atom. The molecule has 0 radical (unpaired) electrons. The number of benzene rings is 1. The predicted molar refractivity (Wildman–Crippen MR) is 81.6 cm³/mol. The highest BCUT2D eigenvalue weighted by molar-refractivity contribution is 14.1. The smallest absolute Gasteiger partial charge is 0.336 e. The van der Waals surface area contributed by atoms with Gasteiger partial charge in [0.1, 0.15) is 5.69 Å². The van der Waals surface area contributed by atoms with Crippen molar-refractivity contribution in [1.29, 1.82) is 0 Å². The van der Waals surface area contributed by atoms with Crippen molar-refractivity contribution in [2.45, 2.75) is 6.10 Å². The molecule has 7 nitrogen and oxygen atoms in total. The number of nitrogens with one attached hydrogen (secondary N) is 1. The van der Waals surface area contributed by atoms with Crippen LogP contribution in [0, 0.1) is 13.7 Å².